The highest BCUT2D eigenvalue weighted by molar-refractivity contribution is 7.10. The fourth-order valence-corrected chi connectivity index (χ4v) is 4.67. The Kier molecular flexibility index (Phi) is 5.65. The zero-order valence-electron chi connectivity index (χ0n) is 17.6. The number of carbonyl (C=O) groups is 2. The summed E-state index contributed by atoms with van der Waals surface area (Å²) >= 11 is 1.44. The summed E-state index contributed by atoms with van der Waals surface area (Å²) in [4.78, 5) is 28.7. The number of aliphatic hydroxyl groups excluding tert-OH is 1. The highest BCUT2D eigenvalue weighted by Gasteiger charge is 2.47. The minimum absolute atomic E-state index is 0.0852. The standard InChI is InChI=1S/C25H23NO4S/c1-4-30-18-10-6-9-17(14-18)23(27)21-22(20-12-7-13-31-20)26(25(29)24(21)28)19-11-5-8-15(2)16(19)3/h5-14,22,27H,4H2,1-3H3/b23-21-. The van der Waals surface area contributed by atoms with Crippen LogP contribution in [0, 0.1) is 13.8 Å². The van der Waals surface area contributed by atoms with Crippen LogP contribution in [0.25, 0.3) is 5.76 Å². The number of hydrogen-bond acceptors (Lipinski definition) is 5. The van der Waals surface area contributed by atoms with E-state index in [0.717, 1.165) is 16.0 Å². The van der Waals surface area contributed by atoms with E-state index in [0.29, 0.717) is 23.6 Å². The van der Waals surface area contributed by atoms with Crippen molar-refractivity contribution in [3.63, 3.8) is 0 Å². The van der Waals surface area contributed by atoms with Crippen LogP contribution in [-0.4, -0.2) is 23.4 Å². The molecule has 1 aliphatic rings. The Morgan fingerprint density at radius 1 is 1.10 bits per heavy atom. The Balaban J connectivity index is 1.92. The van der Waals surface area contributed by atoms with Gasteiger partial charge in [-0.05, 0) is 61.5 Å². The third-order valence-electron chi connectivity index (χ3n) is 5.51. The number of ketones is 1. The Morgan fingerprint density at radius 2 is 1.87 bits per heavy atom. The number of aryl methyl sites for hydroxylation is 1. The Bertz CT molecular complexity index is 1180. The topological polar surface area (TPSA) is 66.8 Å². The van der Waals surface area contributed by atoms with Gasteiger partial charge < -0.3 is 9.84 Å². The second-order valence-corrected chi connectivity index (χ2v) is 8.34. The maximum Gasteiger partial charge on any atom is 0.300 e. The molecule has 2 heterocycles. The van der Waals surface area contributed by atoms with Crippen molar-refractivity contribution in [3.05, 3.63) is 87.1 Å². The molecule has 31 heavy (non-hydrogen) atoms. The molecule has 1 aromatic heterocycles. The van der Waals surface area contributed by atoms with Crippen molar-refractivity contribution in [2.24, 2.45) is 0 Å². The van der Waals surface area contributed by atoms with Crippen LogP contribution in [0.2, 0.25) is 0 Å². The number of carbonyl (C=O) groups excluding carboxylic acids is 2. The zero-order valence-corrected chi connectivity index (χ0v) is 18.4. The molecule has 1 unspecified atom stereocenters. The number of amides is 1. The predicted molar refractivity (Wildman–Crippen MR) is 123 cm³/mol. The van der Waals surface area contributed by atoms with Crippen molar-refractivity contribution < 1.29 is 19.4 Å². The van der Waals surface area contributed by atoms with Crippen LogP contribution in [0.4, 0.5) is 5.69 Å². The molecule has 0 aliphatic carbocycles. The average Bonchev–Trinajstić information content (AvgIpc) is 3.38. The third kappa shape index (κ3) is 3.64. The fraction of sp³-hybridized carbons (Fsp3) is 0.200. The lowest BCUT2D eigenvalue weighted by molar-refractivity contribution is -0.132. The Labute approximate surface area is 185 Å². The van der Waals surface area contributed by atoms with Gasteiger partial charge in [0, 0.05) is 16.1 Å². The van der Waals surface area contributed by atoms with E-state index in [2.05, 4.69) is 0 Å². The number of thiophene rings is 1. The van der Waals surface area contributed by atoms with Crippen LogP contribution in [0.15, 0.2) is 65.6 Å². The molecule has 158 valence electrons. The molecule has 0 bridgehead atoms. The normalized spacial score (nSPS) is 17.9. The number of Topliss-reactive ketones (excluding diaryl/α,β-unsaturated/α-hetero) is 1. The van der Waals surface area contributed by atoms with Crippen LogP contribution < -0.4 is 9.64 Å². The molecule has 1 aliphatic heterocycles. The molecule has 5 nitrogen and oxygen atoms in total. The van der Waals surface area contributed by atoms with Gasteiger partial charge in [-0.25, -0.2) is 0 Å². The van der Waals surface area contributed by atoms with Crippen molar-refractivity contribution in [1.29, 1.82) is 0 Å². The first-order valence-corrected chi connectivity index (χ1v) is 11.0. The van der Waals surface area contributed by atoms with Crippen molar-refractivity contribution in [2.75, 3.05) is 11.5 Å². The highest BCUT2D eigenvalue weighted by atomic mass is 32.1. The maximum atomic E-state index is 13.2. The summed E-state index contributed by atoms with van der Waals surface area (Å²) in [5, 5.41) is 13.1. The average molecular weight is 434 g/mol. The number of rotatable bonds is 5. The third-order valence-corrected chi connectivity index (χ3v) is 6.44. The number of nitrogens with zero attached hydrogens (tertiary/aromatic N) is 1. The summed E-state index contributed by atoms with van der Waals surface area (Å²) in [5.41, 5.74) is 3.13. The first kappa shape index (κ1) is 20.9. The second-order valence-electron chi connectivity index (χ2n) is 7.36. The molecule has 0 saturated carbocycles. The van der Waals surface area contributed by atoms with Gasteiger partial charge in [-0.1, -0.05) is 30.3 Å². The predicted octanol–water partition coefficient (Wildman–Crippen LogP) is 5.39. The van der Waals surface area contributed by atoms with Crippen molar-refractivity contribution in [2.45, 2.75) is 26.8 Å². The monoisotopic (exact) mass is 433 g/mol. The summed E-state index contributed by atoms with van der Waals surface area (Å²) in [6.07, 6.45) is 0. The SMILES string of the molecule is CCOc1cccc(/C(O)=C2/C(=O)C(=O)N(c3cccc(C)c3C)C2c2cccs2)c1. The Morgan fingerprint density at radius 3 is 2.58 bits per heavy atom. The molecule has 4 rings (SSSR count). The smallest absolute Gasteiger partial charge is 0.300 e. The van der Waals surface area contributed by atoms with E-state index in [4.69, 9.17) is 4.74 Å². The van der Waals surface area contributed by atoms with Crippen LogP contribution >= 0.6 is 11.3 Å². The highest BCUT2D eigenvalue weighted by Crippen LogP contribution is 2.44. The van der Waals surface area contributed by atoms with Gasteiger partial charge in [0.15, 0.2) is 0 Å². The van der Waals surface area contributed by atoms with E-state index in [-0.39, 0.29) is 11.3 Å². The minimum Gasteiger partial charge on any atom is -0.507 e. The quantitative estimate of drug-likeness (QED) is 0.333. The number of hydrogen-bond donors (Lipinski definition) is 1. The Hall–Kier alpha value is -3.38. The van der Waals surface area contributed by atoms with Gasteiger partial charge >= 0.3 is 0 Å². The van der Waals surface area contributed by atoms with Crippen molar-refractivity contribution in [1.82, 2.24) is 0 Å². The molecule has 1 atom stereocenters. The summed E-state index contributed by atoms with van der Waals surface area (Å²) in [6, 6.07) is 15.6. The lowest BCUT2D eigenvalue weighted by atomic mass is 9.99. The molecule has 1 fully saturated rings. The zero-order chi connectivity index (χ0) is 22.1. The van der Waals surface area contributed by atoms with Gasteiger partial charge in [-0.2, -0.15) is 0 Å². The molecular weight excluding hydrogens is 410 g/mol. The van der Waals surface area contributed by atoms with Crippen LogP contribution in [0.5, 0.6) is 5.75 Å². The van der Waals surface area contributed by atoms with E-state index in [9.17, 15) is 14.7 Å². The van der Waals surface area contributed by atoms with Gasteiger partial charge in [-0.15, -0.1) is 11.3 Å². The van der Waals surface area contributed by atoms with E-state index in [1.54, 1.807) is 24.3 Å². The van der Waals surface area contributed by atoms with Crippen molar-refractivity contribution >= 4 is 34.5 Å². The summed E-state index contributed by atoms with van der Waals surface area (Å²) in [6.45, 7) is 6.26. The molecule has 1 saturated heterocycles. The first-order chi connectivity index (χ1) is 14.9. The van der Waals surface area contributed by atoms with Gasteiger partial charge in [0.25, 0.3) is 11.7 Å². The summed E-state index contributed by atoms with van der Waals surface area (Å²) < 4.78 is 5.53. The molecule has 6 heteroatoms. The van der Waals surface area contributed by atoms with Crippen LogP contribution in [0.1, 0.15) is 34.5 Å². The van der Waals surface area contributed by atoms with Crippen LogP contribution in [0.3, 0.4) is 0 Å². The number of aliphatic hydroxyl groups is 1. The molecular formula is C25H23NO4S. The molecule has 1 amide bonds. The van der Waals surface area contributed by atoms with Gasteiger partial charge in [0.2, 0.25) is 0 Å². The van der Waals surface area contributed by atoms with E-state index < -0.39 is 17.7 Å². The maximum absolute atomic E-state index is 13.2. The van der Waals surface area contributed by atoms with E-state index >= 15 is 0 Å². The number of anilines is 1. The summed E-state index contributed by atoms with van der Waals surface area (Å²) in [7, 11) is 0. The molecule has 0 spiro atoms. The molecule has 0 radical (unpaired) electrons. The summed E-state index contributed by atoms with van der Waals surface area (Å²) in [5.74, 6) is -0.956. The molecule has 3 aromatic rings. The van der Waals surface area contributed by atoms with E-state index in [1.165, 1.54) is 16.2 Å². The van der Waals surface area contributed by atoms with Gasteiger partial charge in [0.05, 0.1) is 12.2 Å². The minimum atomic E-state index is -0.698. The van der Waals surface area contributed by atoms with Gasteiger partial charge in [-0.3, -0.25) is 14.5 Å². The van der Waals surface area contributed by atoms with E-state index in [1.807, 2.05) is 56.5 Å². The van der Waals surface area contributed by atoms with Gasteiger partial charge in [0.1, 0.15) is 17.6 Å². The van der Waals surface area contributed by atoms with Crippen LogP contribution in [-0.2, 0) is 9.59 Å². The molecule has 2 aromatic carbocycles. The number of ether oxygens (including phenoxy) is 1. The lowest BCUT2D eigenvalue weighted by Crippen LogP contribution is -2.29. The molecule has 1 N–H and O–H groups in total. The lowest BCUT2D eigenvalue weighted by Gasteiger charge is -2.26. The fourth-order valence-electron chi connectivity index (χ4n) is 3.85. The number of benzene rings is 2. The second kappa shape index (κ2) is 8.40. The van der Waals surface area contributed by atoms with Crippen molar-refractivity contribution in [3.8, 4) is 5.75 Å². The first-order valence-electron chi connectivity index (χ1n) is 10.1. The largest absolute Gasteiger partial charge is 0.507 e.